The van der Waals surface area contributed by atoms with Gasteiger partial charge in [0.05, 0.1) is 0 Å². The lowest BCUT2D eigenvalue weighted by molar-refractivity contribution is -0.108. The number of hydrogen-bond donors (Lipinski definition) is 0. The monoisotopic (exact) mass is 266 g/mol. The zero-order valence-corrected chi connectivity index (χ0v) is 13.6. The van der Waals surface area contributed by atoms with Crippen molar-refractivity contribution >= 4 is 28.0 Å². The molecule has 0 radical (unpaired) electrons. The summed E-state index contributed by atoms with van der Waals surface area (Å²) >= 11 is 0. The Morgan fingerprint density at radius 3 is 1.82 bits per heavy atom. The standard InChI is InChI=1S/C12H22N2OSi2/c1-16(2,3)14(17(4,5)6)13-11-9-7-8-10-12(11)15/h7-10H,1-6H3. The van der Waals surface area contributed by atoms with Gasteiger partial charge in [0.25, 0.3) is 0 Å². The SMILES string of the molecule is C[Si](C)(C)N(N=C1C=CC=CC1=O)[Si](C)(C)C. The highest BCUT2D eigenvalue weighted by molar-refractivity contribution is 6.89. The van der Waals surface area contributed by atoms with Gasteiger partial charge in [-0.1, -0.05) is 51.4 Å². The molecule has 0 aromatic rings. The highest BCUT2D eigenvalue weighted by Gasteiger charge is 2.34. The van der Waals surface area contributed by atoms with Crippen LogP contribution in [-0.4, -0.2) is 32.3 Å². The molecule has 17 heavy (non-hydrogen) atoms. The summed E-state index contributed by atoms with van der Waals surface area (Å²) in [4.78, 5) is 11.7. The number of hydrazone groups is 1. The van der Waals surface area contributed by atoms with E-state index in [1.807, 2.05) is 6.08 Å². The molecule has 1 aliphatic rings. The van der Waals surface area contributed by atoms with Crippen LogP contribution < -0.4 is 0 Å². The maximum atomic E-state index is 11.7. The van der Waals surface area contributed by atoms with E-state index in [9.17, 15) is 4.79 Å². The van der Waals surface area contributed by atoms with Crippen molar-refractivity contribution in [3.63, 3.8) is 0 Å². The zero-order valence-electron chi connectivity index (χ0n) is 11.6. The molecule has 0 saturated carbocycles. The number of carbonyl (C=O) groups is 1. The van der Waals surface area contributed by atoms with Gasteiger partial charge in [-0.05, 0) is 12.2 Å². The van der Waals surface area contributed by atoms with Crippen molar-refractivity contribution in [1.82, 2.24) is 4.34 Å². The number of hydrogen-bond acceptors (Lipinski definition) is 3. The molecule has 0 unspecified atom stereocenters. The average molecular weight is 266 g/mol. The normalized spacial score (nSPS) is 18.9. The molecule has 0 atom stereocenters. The second-order valence-corrected chi connectivity index (χ2v) is 16.2. The molecule has 0 bridgehead atoms. The Hall–Kier alpha value is -0.946. The highest BCUT2D eigenvalue weighted by atomic mass is 28.4. The van der Waals surface area contributed by atoms with Crippen LogP contribution in [0.25, 0.3) is 0 Å². The number of nitrogens with zero attached hydrogens (tertiary/aromatic N) is 2. The predicted molar refractivity (Wildman–Crippen MR) is 79.3 cm³/mol. The minimum Gasteiger partial charge on any atom is -0.349 e. The zero-order chi connectivity index (χ0) is 13.3. The smallest absolute Gasteiger partial charge is 0.205 e. The molecule has 0 aliphatic heterocycles. The van der Waals surface area contributed by atoms with Crippen LogP contribution in [0.15, 0.2) is 29.4 Å². The first-order chi connectivity index (χ1) is 7.62. The maximum absolute atomic E-state index is 11.7. The fraction of sp³-hybridized carbons (Fsp3) is 0.500. The van der Waals surface area contributed by atoms with Crippen LogP contribution in [0.4, 0.5) is 0 Å². The number of allylic oxidation sites excluding steroid dienone is 4. The van der Waals surface area contributed by atoms with E-state index in [2.05, 4.69) is 48.7 Å². The molecule has 5 heteroatoms. The Labute approximate surface area is 106 Å². The van der Waals surface area contributed by atoms with Gasteiger partial charge in [0.1, 0.15) is 5.71 Å². The molecule has 0 heterocycles. The molecule has 1 rings (SSSR count). The molecular weight excluding hydrogens is 244 g/mol. The van der Waals surface area contributed by atoms with E-state index in [4.69, 9.17) is 0 Å². The Balaban J connectivity index is 3.11. The van der Waals surface area contributed by atoms with Crippen molar-refractivity contribution in [2.24, 2.45) is 5.10 Å². The Morgan fingerprint density at radius 2 is 1.41 bits per heavy atom. The van der Waals surface area contributed by atoms with E-state index in [-0.39, 0.29) is 5.78 Å². The molecule has 0 spiro atoms. The minimum atomic E-state index is -1.54. The Kier molecular flexibility index (Phi) is 3.93. The van der Waals surface area contributed by atoms with E-state index in [1.165, 1.54) is 0 Å². The van der Waals surface area contributed by atoms with Crippen molar-refractivity contribution in [2.45, 2.75) is 39.3 Å². The first-order valence-electron chi connectivity index (χ1n) is 5.90. The van der Waals surface area contributed by atoms with Crippen LogP contribution in [0.1, 0.15) is 0 Å². The molecule has 0 amide bonds. The van der Waals surface area contributed by atoms with Crippen LogP contribution in [0.2, 0.25) is 39.3 Å². The average Bonchev–Trinajstić information content (AvgIpc) is 2.12. The summed E-state index contributed by atoms with van der Waals surface area (Å²) in [6.45, 7) is 13.6. The van der Waals surface area contributed by atoms with Crippen molar-refractivity contribution in [1.29, 1.82) is 0 Å². The van der Waals surface area contributed by atoms with E-state index >= 15 is 0 Å². The van der Waals surface area contributed by atoms with Crippen molar-refractivity contribution in [3.05, 3.63) is 24.3 Å². The number of carbonyl (C=O) groups excluding carboxylic acids is 1. The molecule has 0 saturated heterocycles. The molecule has 0 fully saturated rings. The van der Waals surface area contributed by atoms with Gasteiger partial charge in [0.2, 0.25) is 5.78 Å². The predicted octanol–water partition coefficient (Wildman–Crippen LogP) is 3.01. The van der Waals surface area contributed by atoms with Gasteiger partial charge >= 0.3 is 0 Å². The first-order valence-corrected chi connectivity index (χ1v) is 12.8. The third kappa shape index (κ3) is 3.78. The van der Waals surface area contributed by atoms with E-state index < -0.39 is 16.5 Å². The molecule has 3 nitrogen and oxygen atoms in total. The molecule has 0 aromatic heterocycles. The quantitative estimate of drug-likeness (QED) is 0.447. The molecule has 0 aromatic carbocycles. The van der Waals surface area contributed by atoms with Crippen molar-refractivity contribution < 1.29 is 4.79 Å². The van der Waals surface area contributed by atoms with E-state index in [0.29, 0.717) is 5.71 Å². The van der Waals surface area contributed by atoms with Crippen LogP contribution in [0, 0.1) is 0 Å². The maximum Gasteiger partial charge on any atom is 0.205 e. The Morgan fingerprint density at radius 1 is 0.941 bits per heavy atom. The number of rotatable bonds is 3. The largest absolute Gasteiger partial charge is 0.349 e. The summed E-state index contributed by atoms with van der Waals surface area (Å²) < 4.78 is 2.26. The third-order valence-electron chi connectivity index (χ3n) is 2.34. The Bertz CT molecular complexity index is 384. The summed E-state index contributed by atoms with van der Waals surface area (Å²) in [5, 5.41) is 4.64. The molecular formula is C12H22N2OSi2. The summed E-state index contributed by atoms with van der Waals surface area (Å²) in [5.74, 6) is 0.00833. The summed E-state index contributed by atoms with van der Waals surface area (Å²) in [6.07, 6.45) is 7.00. The van der Waals surface area contributed by atoms with Gasteiger partial charge in [-0.3, -0.25) is 4.79 Å². The fourth-order valence-electron chi connectivity index (χ4n) is 1.95. The van der Waals surface area contributed by atoms with E-state index in [0.717, 1.165) is 0 Å². The van der Waals surface area contributed by atoms with Crippen LogP contribution >= 0.6 is 0 Å². The van der Waals surface area contributed by atoms with Gasteiger partial charge in [-0.2, -0.15) is 5.10 Å². The first kappa shape index (κ1) is 14.1. The summed E-state index contributed by atoms with van der Waals surface area (Å²) in [6, 6.07) is 0. The van der Waals surface area contributed by atoms with E-state index in [1.54, 1.807) is 18.2 Å². The van der Waals surface area contributed by atoms with Crippen LogP contribution in [-0.2, 0) is 4.79 Å². The lowest BCUT2D eigenvalue weighted by atomic mass is 10.1. The topological polar surface area (TPSA) is 32.7 Å². The molecule has 0 N–H and O–H groups in total. The summed E-state index contributed by atoms with van der Waals surface area (Å²) in [7, 11) is -3.08. The van der Waals surface area contributed by atoms with Crippen molar-refractivity contribution in [2.75, 3.05) is 0 Å². The number of ketones is 1. The lowest BCUT2D eigenvalue weighted by Crippen LogP contribution is -2.56. The molecule has 94 valence electrons. The van der Waals surface area contributed by atoms with Gasteiger partial charge in [-0.15, -0.1) is 0 Å². The fourth-order valence-corrected chi connectivity index (χ4v) is 10.8. The molecule has 1 aliphatic carbocycles. The van der Waals surface area contributed by atoms with Gasteiger partial charge in [-0.25, -0.2) is 0 Å². The third-order valence-corrected chi connectivity index (χ3v) is 9.11. The van der Waals surface area contributed by atoms with Crippen LogP contribution in [0.3, 0.4) is 0 Å². The van der Waals surface area contributed by atoms with Crippen LogP contribution in [0.5, 0.6) is 0 Å². The van der Waals surface area contributed by atoms with Gasteiger partial charge in [0, 0.05) is 0 Å². The second kappa shape index (κ2) is 4.74. The second-order valence-electron chi connectivity index (χ2n) is 6.22. The minimum absolute atomic E-state index is 0.00833. The van der Waals surface area contributed by atoms with Crippen molar-refractivity contribution in [3.8, 4) is 0 Å². The van der Waals surface area contributed by atoms with Gasteiger partial charge < -0.3 is 4.34 Å². The lowest BCUT2D eigenvalue weighted by Gasteiger charge is -2.41. The highest BCUT2D eigenvalue weighted by Crippen LogP contribution is 2.20. The summed E-state index contributed by atoms with van der Waals surface area (Å²) in [5.41, 5.74) is 0.567. The van der Waals surface area contributed by atoms with Gasteiger partial charge in [0.15, 0.2) is 16.5 Å².